The number of ether oxygens (including phenoxy) is 1. The van der Waals surface area contributed by atoms with Gasteiger partial charge in [0.15, 0.2) is 11.0 Å². The molecule has 1 amide bonds. The summed E-state index contributed by atoms with van der Waals surface area (Å²) in [5.74, 6) is 1.50. The van der Waals surface area contributed by atoms with Crippen LogP contribution in [0.5, 0.6) is 5.75 Å². The number of aromatic nitrogens is 3. The number of carbonyl (C=O) groups is 1. The smallest absolute Gasteiger partial charge is 0.234 e. The van der Waals surface area contributed by atoms with Gasteiger partial charge in [-0.25, -0.2) is 0 Å². The Morgan fingerprint density at radius 2 is 1.64 bits per heavy atom. The molecule has 0 saturated carbocycles. The number of hydrogen-bond acceptors (Lipinski definition) is 5. The number of para-hydroxylation sites is 2. The first kappa shape index (κ1) is 22.6. The Hall–Kier alpha value is -3.58. The van der Waals surface area contributed by atoms with Crippen molar-refractivity contribution in [2.45, 2.75) is 25.9 Å². The SMILES string of the molecule is COc1ccccc1-c1nnc(SCC(=O)Nc2c(C)cccc2C)n1-c1ccc(C)cc1. The highest BCUT2D eigenvalue weighted by molar-refractivity contribution is 7.99. The van der Waals surface area contributed by atoms with Crippen LogP contribution in [0.1, 0.15) is 16.7 Å². The van der Waals surface area contributed by atoms with Gasteiger partial charge in [-0.15, -0.1) is 10.2 Å². The fourth-order valence-corrected chi connectivity index (χ4v) is 4.36. The average Bonchev–Trinajstić information content (AvgIpc) is 3.24. The van der Waals surface area contributed by atoms with E-state index >= 15 is 0 Å². The normalized spacial score (nSPS) is 10.8. The molecule has 0 aliphatic heterocycles. The second-order valence-corrected chi connectivity index (χ2v) is 8.72. The van der Waals surface area contributed by atoms with Gasteiger partial charge < -0.3 is 10.1 Å². The van der Waals surface area contributed by atoms with Crippen LogP contribution in [0.25, 0.3) is 17.1 Å². The van der Waals surface area contributed by atoms with E-state index in [4.69, 9.17) is 4.74 Å². The van der Waals surface area contributed by atoms with Gasteiger partial charge in [-0.2, -0.15) is 0 Å². The Balaban J connectivity index is 1.65. The molecule has 4 aromatic rings. The Morgan fingerprint density at radius 1 is 0.939 bits per heavy atom. The predicted molar refractivity (Wildman–Crippen MR) is 133 cm³/mol. The molecule has 7 heteroatoms. The first-order valence-corrected chi connectivity index (χ1v) is 11.6. The predicted octanol–water partition coefficient (Wildman–Crippen LogP) is 5.60. The van der Waals surface area contributed by atoms with Crippen LogP contribution in [0.3, 0.4) is 0 Å². The molecule has 0 bridgehead atoms. The molecular formula is C26H26N4O2S. The summed E-state index contributed by atoms with van der Waals surface area (Å²) in [6, 6.07) is 21.8. The van der Waals surface area contributed by atoms with E-state index in [0.717, 1.165) is 33.6 Å². The topological polar surface area (TPSA) is 69.0 Å². The van der Waals surface area contributed by atoms with Crippen LogP contribution in [-0.2, 0) is 4.79 Å². The number of nitrogens with one attached hydrogen (secondary N) is 1. The molecule has 1 heterocycles. The van der Waals surface area contributed by atoms with Gasteiger partial charge >= 0.3 is 0 Å². The molecule has 6 nitrogen and oxygen atoms in total. The van der Waals surface area contributed by atoms with Crippen molar-refractivity contribution in [1.29, 1.82) is 0 Å². The van der Waals surface area contributed by atoms with Crippen molar-refractivity contribution >= 4 is 23.4 Å². The molecule has 1 aromatic heterocycles. The van der Waals surface area contributed by atoms with Crippen LogP contribution in [-0.4, -0.2) is 33.5 Å². The molecule has 0 spiro atoms. The highest BCUT2D eigenvalue weighted by Crippen LogP contribution is 2.33. The zero-order chi connectivity index (χ0) is 23.4. The van der Waals surface area contributed by atoms with E-state index in [1.54, 1.807) is 7.11 Å². The van der Waals surface area contributed by atoms with E-state index in [1.807, 2.05) is 92.1 Å². The summed E-state index contributed by atoms with van der Waals surface area (Å²) in [4.78, 5) is 12.8. The lowest BCUT2D eigenvalue weighted by molar-refractivity contribution is -0.113. The maximum absolute atomic E-state index is 12.8. The minimum atomic E-state index is -0.0882. The molecule has 0 aliphatic carbocycles. The lowest BCUT2D eigenvalue weighted by Crippen LogP contribution is -2.16. The number of methoxy groups -OCH3 is 1. The third kappa shape index (κ3) is 4.93. The van der Waals surface area contributed by atoms with Gasteiger partial charge in [0.2, 0.25) is 5.91 Å². The number of hydrogen-bond donors (Lipinski definition) is 1. The number of carbonyl (C=O) groups excluding carboxylic acids is 1. The number of nitrogens with zero attached hydrogens (tertiary/aromatic N) is 3. The van der Waals surface area contributed by atoms with E-state index in [2.05, 4.69) is 15.5 Å². The van der Waals surface area contributed by atoms with Crippen LogP contribution >= 0.6 is 11.8 Å². The summed E-state index contributed by atoms with van der Waals surface area (Å²) in [5.41, 5.74) is 5.85. The molecule has 0 aliphatic rings. The molecule has 33 heavy (non-hydrogen) atoms. The van der Waals surface area contributed by atoms with Gasteiger partial charge in [-0.3, -0.25) is 9.36 Å². The summed E-state index contributed by atoms with van der Waals surface area (Å²) in [7, 11) is 1.64. The second kappa shape index (κ2) is 9.92. The Morgan fingerprint density at radius 3 is 2.33 bits per heavy atom. The summed E-state index contributed by atoms with van der Waals surface area (Å²) in [6.45, 7) is 6.03. The molecule has 0 radical (unpaired) electrons. The van der Waals surface area contributed by atoms with Crippen molar-refractivity contribution in [3.05, 3.63) is 83.4 Å². The van der Waals surface area contributed by atoms with E-state index < -0.39 is 0 Å². The van der Waals surface area contributed by atoms with Crippen LogP contribution in [0.15, 0.2) is 71.9 Å². The van der Waals surface area contributed by atoms with E-state index in [9.17, 15) is 4.79 Å². The molecule has 0 saturated heterocycles. The maximum Gasteiger partial charge on any atom is 0.234 e. The lowest BCUT2D eigenvalue weighted by Gasteiger charge is -2.13. The zero-order valence-electron chi connectivity index (χ0n) is 19.1. The minimum absolute atomic E-state index is 0.0882. The quantitative estimate of drug-likeness (QED) is 0.365. The van der Waals surface area contributed by atoms with Crippen molar-refractivity contribution in [2.75, 3.05) is 18.2 Å². The summed E-state index contributed by atoms with van der Waals surface area (Å²) >= 11 is 1.35. The number of aryl methyl sites for hydroxylation is 3. The number of thioether (sulfide) groups is 1. The third-order valence-electron chi connectivity index (χ3n) is 5.35. The molecule has 0 unspecified atom stereocenters. The second-order valence-electron chi connectivity index (χ2n) is 7.78. The third-order valence-corrected chi connectivity index (χ3v) is 6.28. The standard InChI is InChI=1S/C26H26N4O2S/c1-17-12-14-20(15-13-17)30-25(21-10-5-6-11-22(21)32-4)28-29-26(30)33-16-23(31)27-24-18(2)8-7-9-19(24)3/h5-15H,16H2,1-4H3,(H,27,31). The van der Waals surface area contributed by atoms with Crippen molar-refractivity contribution in [3.63, 3.8) is 0 Å². The highest BCUT2D eigenvalue weighted by Gasteiger charge is 2.20. The average molecular weight is 459 g/mol. The van der Waals surface area contributed by atoms with Crippen molar-refractivity contribution < 1.29 is 9.53 Å². The largest absolute Gasteiger partial charge is 0.496 e. The van der Waals surface area contributed by atoms with Gasteiger partial charge in [0.05, 0.1) is 18.4 Å². The van der Waals surface area contributed by atoms with Crippen LogP contribution in [0, 0.1) is 20.8 Å². The van der Waals surface area contributed by atoms with E-state index in [-0.39, 0.29) is 11.7 Å². The van der Waals surface area contributed by atoms with Gasteiger partial charge in [0.25, 0.3) is 0 Å². The Labute approximate surface area is 198 Å². The fraction of sp³-hybridized carbons (Fsp3) is 0.192. The summed E-state index contributed by atoms with van der Waals surface area (Å²) < 4.78 is 7.52. The van der Waals surface area contributed by atoms with Crippen molar-refractivity contribution in [1.82, 2.24) is 14.8 Å². The molecule has 1 N–H and O–H groups in total. The summed E-state index contributed by atoms with van der Waals surface area (Å²) in [6.07, 6.45) is 0. The highest BCUT2D eigenvalue weighted by atomic mass is 32.2. The molecule has 168 valence electrons. The molecular weight excluding hydrogens is 432 g/mol. The zero-order valence-corrected chi connectivity index (χ0v) is 19.9. The van der Waals surface area contributed by atoms with Gasteiger partial charge in [-0.05, 0) is 56.2 Å². The molecule has 0 atom stereocenters. The van der Waals surface area contributed by atoms with Crippen LogP contribution in [0.4, 0.5) is 5.69 Å². The summed E-state index contributed by atoms with van der Waals surface area (Å²) in [5, 5.41) is 12.6. The first-order valence-electron chi connectivity index (χ1n) is 10.6. The molecule has 4 rings (SSSR count). The monoisotopic (exact) mass is 458 g/mol. The van der Waals surface area contributed by atoms with Gasteiger partial charge in [0.1, 0.15) is 5.75 Å². The number of benzene rings is 3. The van der Waals surface area contributed by atoms with Crippen LogP contribution in [0.2, 0.25) is 0 Å². The van der Waals surface area contributed by atoms with Crippen molar-refractivity contribution in [2.24, 2.45) is 0 Å². The first-order chi connectivity index (χ1) is 16.0. The molecule has 3 aromatic carbocycles. The van der Waals surface area contributed by atoms with Crippen molar-refractivity contribution in [3.8, 4) is 22.8 Å². The number of anilines is 1. The van der Waals surface area contributed by atoms with E-state index in [0.29, 0.717) is 16.7 Å². The minimum Gasteiger partial charge on any atom is -0.496 e. The number of amides is 1. The molecule has 0 fully saturated rings. The Bertz CT molecular complexity index is 1260. The maximum atomic E-state index is 12.8. The Kier molecular flexibility index (Phi) is 6.79. The van der Waals surface area contributed by atoms with Crippen LogP contribution < -0.4 is 10.1 Å². The lowest BCUT2D eigenvalue weighted by atomic mass is 10.1. The van der Waals surface area contributed by atoms with Gasteiger partial charge in [-0.1, -0.05) is 59.8 Å². The fourth-order valence-electron chi connectivity index (χ4n) is 3.61. The number of rotatable bonds is 7. The van der Waals surface area contributed by atoms with E-state index in [1.165, 1.54) is 11.8 Å². The van der Waals surface area contributed by atoms with Gasteiger partial charge in [0, 0.05) is 11.4 Å².